The largest absolute Gasteiger partial charge is 3.00 e. The van der Waals surface area contributed by atoms with Crippen LogP contribution in [0.4, 0.5) is 0 Å². The topological polar surface area (TPSA) is 0 Å². The molecule has 7 heteroatoms. The Labute approximate surface area is 124 Å². The van der Waals surface area contributed by atoms with Crippen LogP contribution in [-0.4, -0.2) is 0 Å². The summed E-state index contributed by atoms with van der Waals surface area (Å²) in [5.74, 6) is 0. The minimum Gasteiger partial charge on any atom is -1.00 e. The second-order valence-corrected chi connectivity index (χ2v) is 0. The van der Waals surface area contributed by atoms with Crippen LogP contribution in [0.1, 0.15) is 0 Å². The summed E-state index contributed by atoms with van der Waals surface area (Å²) in [6.45, 7) is 0. The Kier molecular flexibility index (Phi) is 607. The minimum atomic E-state index is 0. The molecule has 0 heterocycles. The minimum absolute atomic E-state index is 0. The van der Waals surface area contributed by atoms with Crippen LogP contribution in [0.3, 0.4) is 0 Å². The van der Waals surface area contributed by atoms with E-state index in [-0.39, 0.29) is 127 Å². The number of rotatable bonds is 0. The summed E-state index contributed by atoms with van der Waals surface area (Å²) in [5.41, 5.74) is 0. The summed E-state index contributed by atoms with van der Waals surface area (Å²) in [5, 5.41) is 0. The van der Waals surface area contributed by atoms with Gasteiger partial charge in [-0.3, -0.25) is 0 Å². The second kappa shape index (κ2) is 55.5. The zero-order valence-corrected chi connectivity index (χ0v) is 14.2. The Bertz CT molecular complexity index is 8.04. The second-order valence-electron chi connectivity index (χ2n) is 0. The van der Waals surface area contributed by atoms with Crippen molar-refractivity contribution in [2.75, 3.05) is 0 Å². The van der Waals surface area contributed by atoms with Crippen LogP contribution < -0.4 is 62.0 Å². The van der Waals surface area contributed by atoms with E-state index in [1.54, 1.807) is 0 Å². The van der Waals surface area contributed by atoms with Crippen molar-refractivity contribution >= 4 is 0 Å². The van der Waals surface area contributed by atoms with Gasteiger partial charge in [0.25, 0.3) is 0 Å². The van der Waals surface area contributed by atoms with Crippen LogP contribution in [0.15, 0.2) is 0 Å². The summed E-state index contributed by atoms with van der Waals surface area (Å²) in [7, 11) is 0. The molecular weight excluding hydrogens is 506 g/mol. The Balaban J connectivity index is 0. The maximum Gasteiger partial charge on any atom is 3.00 e. The van der Waals surface area contributed by atoms with Crippen molar-refractivity contribution in [1.82, 2.24) is 0 Å². The first-order valence-corrected chi connectivity index (χ1v) is 0. The van der Waals surface area contributed by atoms with E-state index in [1.807, 2.05) is 0 Å². The zero-order valence-electron chi connectivity index (χ0n) is 2.93. The van der Waals surface area contributed by atoms with Crippen molar-refractivity contribution in [3.8, 4) is 0 Å². The van der Waals surface area contributed by atoms with Crippen molar-refractivity contribution in [3.05, 3.63) is 0 Å². The molecule has 0 aliphatic carbocycles. The standard InChI is InChI=1S/5ClH.Ra.Rh/h5*1H;;/q;;;;;+2;+3/p-5. The first kappa shape index (κ1) is 76.5. The van der Waals surface area contributed by atoms with E-state index >= 15 is 0 Å². The van der Waals surface area contributed by atoms with E-state index in [0.717, 1.165) is 0 Å². The zero-order chi connectivity index (χ0) is 0. The molecule has 0 aliphatic rings. The first-order valence-electron chi connectivity index (χ1n) is 0. The van der Waals surface area contributed by atoms with E-state index in [9.17, 15) is 0 Å². The predicted octanol–water partition coefficient (Wildman–Crippen LogP) is -15.0. The molecule has 0 N–H and O–H groups in total. The first-order chi connectivity index (χ1) is 0. The van der Waals surface area contributed by atoms with Gasteiger partial charge in [-0.15, -0.1) is 0 Å². The number of hydrogen-bond acceptors (Lipinski definition) is 0. The van der Waals surface area contributed by atoms with E-state index in [4.69, 9.17) is 0 Å². The van der Waals surface area contributed by atoms with Gasteiger partial charge < -0.3 is 62.0 Å². The molecule has 0 aromatic carbocycles. The van der Waals surface area contributed by atoms with E-state index < -0.39 is 0 Å². The van der Waals surface area contributed by atoms with E-state index in [2.05, 4.69) is 0 Å². The number of halogens is 5. The predicted molar refractivity (Wildman–Crippen MR) is 0 cm³/mol. The molecule has 46 valence electrons. The van der Waals surface area contributed by atoms with Crippen LogP contribution >= 0.6 is 0 Å². The van der Waals surface area contributed by atoms with Crippen LogP contribution in [0.5, 0.6) is 0 Å². The van der Waals surface area contributed by atoms with Crippen molar-refractivity contribution in [2.24, 2.45) is 0 Å². The number of hydrogen-bond donors (Lipinski definition) is 0. The molecule has 0 atom stereocenters. The fourth-order valence-corrected chi connectivity index (χ4v) is 0. The Morgan fingerprint density at radius 1 is 0.429 bits per heavy atom. The Hall–Kier alpha value is 3.54. The molecule has 7 heavy (non-hydrogen) atoms. The van der Waals surface area contributed by atoms with Gasteiger partial charge in [0.2, 0.25) is 0 Å². The molecular formula is Cl5RaRh. The Morgan fingerprint density at radius 3 is 0.429 bits per heavy atom. The van der Waals surface area contributed by atoms with Crippen LogP contribution in [0, 0.1) is 45.0 Å². The summed E-state index contributed by atoms with van der Waals surface area (Å²) in [4.78, 5) is 0. The third-order valence-corrected chi connectivity index (χ3v) is 0. The monoisotopic (exact) mass is 504 g/mol. The van der Waals surface area contributed by atoms with Crippen molar-refractivity contribution in [2.45, 2.75) is 0 Å². The Morgan fingerprint density at radius 2 is 0.429 bits per heavy atom. The van der Waals surface area contributed by atoms with Crippen molar-refractivity contribution in [3.63, 3.8) is 0 Å². The molecule has 0 aliphatic heterocycles. The molecule has 0 radical (unpaired) electrons. The third kappa shape index (κ3) is 43.3. The average molecular weight is 506 g/mol. The average Bonchev–Trinajstić information content (AvgIpc) is 0. The molecule has 0 bridgehead atoms. The molecule has 0 unspecified atom stereocenters. The smallest absolute Gasteiger partial charge is 1.00 e. The summed E-state index contributed by atoms with van der Waals surface area (Å²) >= 11 is 0. The van der Waals surface area contributed by atoms with Crippen LogP contribution in [0.2, 0.25) is 0 Å². The van der Waals surface area contributed by atoms with Gasteiger partial charge in [-0.1, -0.05) is 0 Å². The van der Waals surface area contributed by atoms with Crippen molar-refractivity contribution < 1.29 is 127 Å². The molecule has 0 nitrogen and oxygen atoms in total. The normalized spacial score (nSPS) is 0. The molecule has 0 aromatic heterocycles. The summed E-state index contributed by atoms with van der Waals surface area (Å²) in [6.07, 6.45) is 0. The van der Waals surface area contributed by atoms with E-state index in [0.29, 0.717) is 0 Å². The maximum absolute atomic E-state index is 0. The van der Waals surface area contributed by atoms with Gasteiger partial charge in [0.1, 0.15) is 0 Å². The van der Waals surface area contributed by atoms with Gasteiger partial charge in [0.05, 0.1) is 0 Å². The van der Waals surface area contributed by atoms with Crippen molar-refractivity contribution in [1.29, 1.82) is 0 Å². The quantitative estimate of drug-likeness (QED) is 0.287. The van der Waals surface area contributed by atoms with E-state index in [1.165, 1.54) is 0 Å². The van der Waals surface area contributed by atoms with Gasteiger partial charge in [-0.2, -0.15) is 0 Å². The van der Waals surface area contributed by atoms with Gasteiger partial charge in [0, 0.05) is 0 Å². The SMILES string of the molecule is [Cl-].[Cl-].[Cl-].[Cl-].[Cl-].[Ra+2].[Rh+3]. The fraction of sp³-hybridized carbons (Fsp3) is 0. The molecule has 0 saturated heterocycles. The molecule has 0 fully saturated rings. The summed E-state index contributed by atoms with van der Waals surface area (Å²) < 4.78 is 0. The molecule has 0 amide bonds. The van der Waals surface area contributed by atoms with Crippen LogP contribution in [0.25, 0.3) is 0 Å². The van der Waals surface area contributed by atoms with Gasteiger partial charge >= 0.3 is 64.5 Å². The molecule has 0 rings (SSSR count). The third-order valence-electron chi connectivity index (χ3n) is 0. The van der Waals surface area contributed by atoms with Gasteiger partial charge in [-0.05, 0) is 0 Å². The van der Waals surface area contributed by atoms with Gasteiger partial charge in [-0.25, -0.2) is 0 Å². The summed E-state index contributed by atoms with van der Waals surface area (Å²) in [6, 6.07) is 0. The molecule has 0 spiro atoms. The fourth-order valence-electron chi connectivity index (χ4n) is 0. The van der Waals surface area contributed by atoms with Crippen LogP contribution in [-0.2, 0) is 19.5 Å². The molecule has 0 saturated carbocycles. The van der Waals surface area contributed by atoms with Gasteiger partial charge in [0.15, 0.2) is 0 Å². The maximum atomic E-state index is 0. The molecule has 0 aromatic rings.